The summed E-state index contributed by atoms with van der Waals surface area (Å²) in [5, 5.41) is 0.115. The van der Waals surface area contributed by atoms with Gasteiger partial charge < -0.3 is 4.74 Å². The molecule has 0 saturated heterocycles. The first-order valence-corrected chi connectivity index (χ1v) is 4.87. The lowest BCUT2D eigenvalue weighted by molar-refractivity contribution is 0.112. The Morgan fingerprint density at radius 1 is 1.31 bits per heavy atom. The highest BCUT2D eigenvalue weighted by Crippen LogP contribution is 2.20. The number of carbonyl (C=O) groups excluding carboxylic acids is 1. The van der Waals surface area contributed by atoms with E-state index >= 15 is 0 Å². The van der Waals surface area contributed by atoms with Crippen molar-refractivity contribution in [2.75, 3.05) is 0 Å². The lowest BCUT2D eigenvalue weighted by Crippen LogP contribution is -1.90. The van der Waals surface area contributed by atoms with Crippen molar-refractivity contribution in [1.82, 2.24) is 9.97 Å². The van der Waals surface area contributed by atoms with Crippen LogP contribution in [0.2, 0.25) is 5.28 Å². The average molecular weight is 235 g/mol. The SMILES string of the molecule is O=Cc1cccc(Oc2ccnc(Cl)n2)c1. The molecule has 2 aromatic rings. The van der Waals surface area contributed by atoms with Gasteiger partial charge in [0.1, 0.15) is 12.0 Å². The fraction of sp³-hybridized carbons (Fsp3) is 0. The molecule has 0 aliphatic carbocycles. The molecule has 1 aromatic carbocycles. The first-order valence-electron chi connectivity index (χ1n) is 4.49. The third-order valence-corrected chi connectivity index (χ3v) is 2.00. The van der Waals surface area contributed by atoms with Gasteiger partial charge in [0.25, 0.3) is 0 Å². The Hall–Kier alpha value is -1.94. The number of aromatic nitrogens is 2. The number of hydrogen-bond donors (Lipinski definition) is 0. The molecule has 0 fully saturated rings. The van der Waals surface area contributed by atoms with Crippen molar-refractivity contribution < 1.29 is 9.53 Å². The maximum atomic E-state index is 10.6. The average Bonchev–Trinajstić information content (AvgIpc) is 2.29. The highest BCUT2D eigenvalue weighted by molar-refractivity contribution is 6.28. The van der Waals surface area contributed by atoms with E-state index in [1.165, 1.54) is 6.20 Å². The van der Waals surface area contributed by atoms with Crippen molar-refractivity contribution in [3.05, 3.63) is 47.4 Å². The van der Waals surface area contributed by atoms with Gasteiger partial charge in [0, 0.05) is 17.8 Å². The molecule has 0 aliphatic heterocycles. The van der Waals surface area contributed by atoms with Gasteiger partial charge in [0.05, 0.1) is 0 Å². The number of carbonyl (C=O) groups is 1. The number of ether oxygens (including phenoxy) is 1. The fourth-order valence-corrected chi connectivity index (χ4v) is 1.29. The maximum Gasteiger partial charge on any atom is 0.225 e. The quantitative estimate of drug-likeness (QED) is 0.605. The Bertz CT molecular complexity index is 517. The third-order valence-electron chi connectivity index (χ3n) is 1.82. The highest BCUT2D eigenvalue weighted by atomic mass is 35.5. The van der Waals surface area contributed by atoms with Gasteiger partial charge in [-0.25, -0.2) is 4.98 Å². The van der Waals surface area contributed by atoms with Crippen LogP contribution in [0, 0.1) is 0 Å². The molecule has 16 heavy (non-hydrogen) atoms. The third kappa shape index (κ3) is 2.55. The molecule has 1 aromatic heterocycles. The Morgan fingerprint density at radius 3 is 2.94 bits per heavy atom. The molecule has 0 bridgehead atoms. The van der Waals surface area contributed by atoms with Crippen molar-refractivity contribution in [3.63, 3.8) is 0 Å². The van der Waals surface area contributed by atoms with E-state index in [0.29, 0.717) is 17.2 Å². The lowest BCUT2D eigenvalue weighted by Gasteiger charge is -2.04. The van der Waals surface area contributed by atoms with Crippen LogP contribution in [0.4, 0.5) is 0 Å². The van der Waals surface area contributed by atoms with Crippen LogP contribution in [0.1, 0.15) is 10.4 Å². The zero-order chi connectivity index (χ0) is 11.4. The molecule has 80 valence electrons. The summed E-state index contributed by atoms with van der Waals surface area (Å²) in [5.41, 5.74) is 0.539. The van der Waals surface area contributed by atoms with E-state index in [9.17, 15) is 4.79 Å². The number of rotatable bonds is 3. The highest BCUT2D eigenvalue weighted by Gasteiger charge is 2.00. The van der Waals surface area contributed by atoms with E-state index in [2.05, 4.69) is 9.97 Å². The molecule has 2 rings (SSSR count). The zero-order valence-corrected chi connectivity index (χ0v) is 8.89. The minimum atomic E-state index is 0.115. The molecule has 0 spiro atoms. The van der Waals surface area contributed by atoms with E-state index in [0.717, 1.165) is 6.29 Å². The molecule has 0 aliphatic rings. The standard InChI is InChI=1S/C11H7ClN2O2/c12-11-13-5-4-10(14-11)16-9-3-1-2-8(6-9)7-15/h1-7H. The summed E-state index contributed by atoms with van der Waals surface area (Å²) < 4.78 is 5.41. The summed E-state index contributed by atoms with van der Waals surface area (Å²) >= 11 is 5.61. The van der Waals surface area contributed by atoms with E-state index in [-0.39, 0.29) is 5.28 Å². The van der Waals surface area contributed by atoms with E-state index in [1.807, 2.05) is 0 Å². The Labute approximate surface area is 96.9 Å². The normalized spacial score (nSPS) is 9.81. The molecule has 0 saturated carbocycles. The van der Waals surface area contributed by atoms with Crippen LogP contribution < -0.4 is 4.74 Å². The van der Waals surface area contributed by atoms with Crippen LogP contribution in [0.5, 0.6) is 11.6 Å². The van der Waals surface area contributed by atoms with Crippen molar-refractivity contribution in [2.45, 2.75) is 0 Å². The fourth-order valence-electron chi connectivity index (χ4n) is 1.15. The van der Waals surface area contributed by atoms with Crippen molar-refractivity contribution in [3.8, 4) is 11.6 Å². The Kier molecular flexibility index (Phi) is 3.12. The van der Waals surface area contributed by atoms with E-state index in [1.54, 1.807) is 30.3 Å². The number of aldehydes is 1. The monoisotopic (exact) mass is 234 g/mol. The first-order chi connectivity index (χ1) is 7.78. The largest absolute Gasteiger partial charge is 0.439 e. The smallest absolute Gasteiger partial charge is 0.225 e. The summed E-state index contributed by atoms with van der Waals surface area (Å²) in [4.78, 5) is 18.2. The number of nitrogens with zero attached hydrogens (tertiary/aromatic N) is 2. The summed E-state index contributed by atoms with van der Waals surface area (Å²) in [6.45, 7) is 0. The molecule has 4 nitrogen and oxygen atoms in total. The molecule has 5 heteroatoms. The van der Waals surface area contributed by atoms with Gasteiger partial charge in [0.15, 0.2) is 0 Å². The molecule has 0 N–H and O–H groups in total. The Balaban J connectivity index is 2.23. The van der Waals surface area contributed by atoms with Crippen molar-refractivity contribution in [1.29, 1.82) is 0 Å². The first kappa shape index (κ1) is 10.6. The second-order valence-electron chi connectivity index (χ2n) is 2.96. The molecule has 0 atom stereocenters. The van der Waals surface area contributed by atoms with Gasteiger partial charge in [0.2, 0.25) is 11.2 Å². The molecular formula is C11H7ClN2O2. The van der Waals surface area contributed by atoms with Crippen LogP contribution >= 0.6 is 11.6 Å². The zero-order valence-electron chi connectivity index (χ0n) is 8.13. The topological polar surface area (TPSA) is 52.1 Å². The predicted octanol–water partition coefficient (Wildman–Crippen LogP) is 2.73. The van der Waals surface area contributed by atoms with E-state index in [4.69, 9.17) is 16.3 Å². The van der Waals surface area contributed by atoms with Crippen LogP contribution in [0.25, 0.3) is 0 Å². The maximum absolute atomic E-state index is 10.6. The van der Waals surface area contributed by atoms with Gasteiger partial charge in [-0.2, -0.15) is 4.98 Å². The van der Waals surface area contributed by atoms with Crippen molar-refractivity contribution >= 4 is 17.9 Å². The number of hydrogen-bond acceptors (Lipinski definition) is 4. The molecule has 0 unspecified atom stereocenters. The predicted molar refractivity (Wildman–Crippen MR) is 58.9 cm³/mol. The minimum Gasteiger partial charge on any atom is -0.439 e. The molecule has 1 heterocycles. The van der Waals surface area contributed by atoms with Crippen LogP contribution in [-0.2, 0) is 0 Å². The van der Waals surface area contributed by atoms with Crippen LogP contribution in [0.15, 0.2) is 36.5 Å². The van der Waals surface area contributed by atoms with Gasteiger partial charge >= 0.3 is 0 Å². The van der Waals surface area contributed by atoms with Gasteiger partial charge in [-0.3, -0.25) is 4.79 Å². The molecule has 0 amide bonds. The summed E-state index contributed by atoms with van der Waals surface area (Å²) in [6, 6.07) is 8.33. The molecular weight excluding hydrogens is 228 g/mol. The van der Waals surface area contributed by atoms with Crippen molar-refractivity contribution in [2.24, 2.45) is 0 Å². The lowest BCUT2D eigenvalue weighted by atomic mass is 10.2. The number of benzene rings is 1. The van der Waals surface area contributed by atoms with E-state index < -0.39 is 0 Å². The summed E-state index contributed by atoms with van der Waals surface area (Å²) in [6.07, 6.45) is 2.24. The number of halogens is 1. The van der Waals surface area contributed by atoms with Crippen LogP contribution in [0.3, 0.4) is 0 Å². The second-order valence-corrected chi connectivity index (χ2v) is 3.29. The van der Waals surface area contributed by atoms with Gasteiger partial charge in [-0.15, -0.1) is 0 Å². The minimum absolute atomic E-state index is 0.115. The van der Waals surface area contributed by atoms with Gasteiger partial charge in [-0.05, 0) is 23.7 Å². The second kappa shape index (κ2) is 4.72. The van der Waals surface area contributed by atoms with Crippen LogP contribution in [-0.4, -0.2) is 16.3 Å². The van der Waals surface area contributed by atoms with Gasteiger partial charge in [-0.1, -0.05) is 12.1 Å². The molecule has 0 radical (unpaired) electrons. The summed E-state index contributed by atoms with van der Waals surface area (Å²) in [7, 11) is 0. The summed E-state index contributed by atoms with van der Waals surface area (Å²) in [5.74, 6) is 0.863. The Morgan fingerprint density at radius 2 is 2.19 bits per heavy atom.